The first-order valence-electron chi connectivity index (χ1n) is 8.87. The van der Waals surface area contributed by atoms with E-state index in [-0.39, 0.29) is 12.0 Å². The number of aromatic nitrogens is 4. The first kappa shape index (κ1) is 18.5. The molecule has 28 heavy (non-hydrogen) atoms. The summed E-state index contributed by atoms with van der Waals surface area (Å²) >= 11 is 3.48. The second-order valence-electron chi connectivity index (χ2n) is 6.53. The van der Waals surface area contributed by atoms with Gasteiger partial charge in [-0.2, -0.15) is 14.3 Å². The number of rotatable bonds is 5. The molecule has 0 amide bonds. The second kappa shape index (κ2) is 7.63. The van der Waals surface area contributed by atoms with Gasteiger partial charge in [0, 0.05) is 30.8 Å². The summed E-state index contributed by atoms with van der Waals surface area (Å²) in [6.07, 6.45) is 6.25. The number of carbonyl (C=O) groups excluding carboxylic acids is 1. The first-order chi connectivity index (χ1) is 13.6. The van der Waals surface area contributed by atoms with Crippen LogP contribution in [-0.2, 0) is 16.1 Å². The van der Waals surface area contributed by atoms with Gasteiger partial charge in [-0.3, -0.25) is 0 Å². The van der Waals surface area contributed by atoms with Gasteiger partial charge in [0.05, 0.1) is 17.8 Å². The molecule has 1 saturated heterocycles. The van der Waals surface area contributed by atoms with Gasteiger partial charge < -0.3 is 20.2 Å². The van der Waals surface area contributed by atoms with Crippen LogP contribution in [0.4, 0.5) is 11.6 Å². The third-order valence-electron chi connectivity index (χ3n) is 4.75. The molecule has 10 heteroatoms. The molecular weight excluding hydrogens is 428 g/mol. The minimum Gasteiger partial charge on any atom is -0.619 e. The van der Waals surface area contributed by atoms with Crippen molar-refractivity contribution in [1.29, 1.82) is 0 Å². The lowest BCUT2D eigenvalue weighted by molar-refractivity contribution is -0.605. The number of esters is 1. The zero-order chi connectivity index (χ0) is 19.7. The summed E-state index contributed by atoms with van der Waals surface area (Å²) < 4.78 is 8.15. The topological polar surface area (TPSA) is 98.7 Å². The number of halogens is 1. The number of ether oxygens (including phenoxy) is 1. The Bertz CT molecular complexity index is 1020. The van der Waals surface area contributed by atoms with E-state index < -0.39 is 0 Å². The number of pyridine rings is 1. The van der Waals surface area contributed by atoms with Crippen molar-refractivity contribution in [2.24, 2.45) is 0 Å². The lowest BCUT2D eigenvalue weighted by Gasteiger charge is -2.24. The van der Waals surface area contributed by atoms with Crippen molar-refractivity contribution < 1.29 is 14.3 Å². The third kappa shape index (κ3) is 3.47. The van der Waals surface area contributed by atoms with Crippen molar-refractivity contribution in [3.63, 3.8) is 0 Å². The van der Waals surface area contributed by atoms with Gasteiger partial charge in [0.2, 0.25) is 0 Å². The van der Waals surface area contributed by atoms with Gasteiger partial charge in [-0.1, -0.05) is 0 Å². The van der Waals surface area contributed by atoms with Crippen LogP contribution in [0.25, 0.3) is 5.65 Å². The average molecular weight is 447 g/mol. The number of nitrogens with zero attached hydrogens (tertiary/aromatic N) is 5. The quantitative estimate of drug-likeness (QED) is 0.362. The Morgan fingerprint density at radius 2 is 2.39 bits per heavy atom. The van der Waals surface area contributed by atoms with Crippen molar-refractivity contribution in [1.82, 2.24) is 14.6 Å². The summed E-state index contributed by atoms with van der Waals surface area (Å²) in [5, 5.41) is 19.1. The first-order valence-corrected chi connectivity index (χ1v) is 9.66. The van der Waals surface area contributed by atoms with Crippen LogP contribution in [0.2, 0.25) is 0 Å². The van der Waals surface area contributed by atoms with Crippen LogP contribution in [0.5, 0.6) is 0 Å². The van der Waals surface area contributed by atoms with Crippen molar-refractivity contribution in [2.75, 3.05) is 23.9 Å². The zero-order valence-electron chi connectivity index (χ0n) is 15.2. The molecular formula is C18H19BrN6O3. The van der Waals surface area contributed by atoms with Crippen LogP contribution in [0.1, 0.15) is 18.4 Å². The molecule has 9 nitrogen and oxygen atoms in total. The van der Waals surface area contributed by atoms with Crippen molar-refractivity contribution in [3.05, 3.63) is 52.0 Å². The molecule has 0 saturated carbocycles. The van der Waals surface area contributed by atoms with E-state index in [0.29, 0.717) is 23.8 Å². The molecule has 0 unspecified atom stereocenters. The van der Waals surface area contributed by atoms with Gasteiger partial charge >= 0.3 is 5.97 Å². The largest absolute Gasteiger partial charge is 0.619 e. The number of anilines is 2. The molecule has 0 bridgehead atoms. The Morgan fingerprint density at radius 1 is 1.54 bits per heavy atom. The van der Waals surface area contributed by atoms with Crippen LogP contribution in [0.3, 0.4) is 0 Å². The number of fused-ring (bicyclic) bond motifs is 1. The SMILES string of the molecule is COC(=O)[C@@H]1CCCN1c1cc(NCc2ccc[n+]([O-])c2)n2ncc(Br)c2n1. The third-order valence-corrected chi connectivity index (χ3v) is 5.30. The van der Waals surface area contributed by atoms with E-state index in [1.165, 1.54) is 19.5 Å². The summed E-state index contributed by atoms with van der Waals surface area (Å²) in [5.74, 6) is 1.13. The van der Waals surface area contributed by atoms with E-state index in [4.69, 9.17) is 9.72 Å². The Kier molecular flexibility index (Phi) is 5.03. The highest BCUT2D eigenvalue weighted by Gasteiger charge is 2.33. The van der Waals surface area contributed by atoms with E-state index in [2.05, 4.69) is 26.3 Å². The highest BCUT2D eigenvalue weighted by atomic mass is 79.9. The van der Waals surface area contributed by atoms with E-state index in [9.17, 15) is 10.0 Å². The molecule has 4 heterocycles. The van der Waals surface area contributed by atoms with Gasteiger partial charge in [-0.15, -0.1) is 0 Å². The van der Waals surface area contributed by atoms with Gasteiger partial charge in [-0.25, -0.2) is 9.78 Å². The molecule has 3 aromatic heterocycles. The van der Waals surface area contributed by atoms with E-state index in [1.807, 2.05) is 17.0 Å². The molecule has 1 aliphatic heterocycles. The fourth-order valence-corrected chi connectivity index (χ4v) is 3.76. The Labute approximate surface area is 169 Å². The second-order valence-corrected chi connectivity index (χ2v) is 7.38. The molecule has 0 spiro atoms. The molecule has 0 radical (unpaired) electrons. The van der Waals surface area contributed by atoms with Crippen molar-refractivity contribution in [3.8, 4) is 0 Å². The fourth-order valence-electron chi connectivity index (χ4n) is 3.42. The lowest BCUT2D eigenvalue weighted by Crippen LogP contribution is -2.37. The number of methoxy groups -OCH3 is 1. The molecule has 3 aromatic rings. The molecule has 1 fully saturated rings. The summed E-state index contributed by atoms with van der Waals surface area (Å²) in [4.78, 5) is 18.8. The molecule has 146 valence electrons. The number of hydrogen-bond acceptors (Lipinski definition) is 7. The zero-order valence-corrected chi connectivity index (χ0v) is 16.8. The van der Waals surface area contributed by atoms with Gasteiger partial charge in [0.15, 0.2) is 18.0 Å². The normalized spacial score (nSPS) is 16.5. The van der Waals surface area contributed by atoms with Gasteiger partial charge in [-0.05, 0) is 34.8 Å². The predicted molar refractivity (Wildman–Crippen MR) is 106 cm³/mol. The minimum absolute atomic E-state index is 0.259. The minimum atomic E-state index is -0.344. The smallest absolute Gasteiger partial charge is 0.328 e. The highest BCUT2D eigenvalue weighted by Crippen LogP contribution is 2.29. The van der Waals surface area contributed by atoms with Crippen molar-refractivity contribution in [2.45, 2.75) is 25.4 Å². The maximum absolute atomic E-state index is 12.1. The highest BCUT2D eigenvalue weighted by molar-refractivity contribution is 9.10. The van der Waals surface area contributed by atoms with Crippen LogP contribution in [-0.4, -0.2) is 40.3 Å². The summed E-state index contributed by atoms with van der Waals surface area (Å²) in [6, 6.07) is 5.09. The molecule has 1 aliphatic rings. The Morgan fingerprint density at radius 3 is 3.18 bits per heavy atom. The molecule has 0 aromatic carbocycles. The summed E-state index contributed by atoms with van der Waals surface area (Å²) in [7, 11) is 1.40. The predicted octanol–water partition coefficient (Wildman–Crippen LogP) is 1.88. The summed E-state index contributed by atoms with van der Waals surface area (Å²) in [5.41, 5.74) is 1.48. The molecule has 1 N–H and O–H groups in total. The molecule has 0 aliphatic carbocycles. The van der Waals surface area contributed by atoms with Gasteiger partial charge in [0.1, 0.15) is 17.7 Å². The maximum atomic E-state index is 12.1. The van der Waals surface area contributed by atoms with E-state index >= 15 is 0 Å². The molecule has 4 rings (SSSR count). The number of hydrogen-bond donors (Lipinski definition) is 1. The number of nitrogens with one attached hydrogen (secondary N) is 1. The monoisotopic (exact) mass is 446 g/mol. The average Bonchev–Trinajstić information content (AvgIpc) is 3.33. The van der Waals surface area contributed by atoms with Gasteiger partial charge in [0.25, 0.3) is 0 Å². The van der Waals surface area contributed by atoms with Crippen LogP contribution in [0.15, 0.2) is 41.3 Å². The van der Waals surface area contributed by atoms with Crippen molar-refractivity contribution >= 4 is 39.2 Å². The molecule has 1 atom stereocenters. The Hall–Kier alpha value is -2.88. The van der Waals surface area contributed by atoms with E-state index in [0.717, 1.165) is 34.2 Å². The van der Waals surface area contributed by atoms with Crippen LogP contribution >= 0.6 is 15.9 Å². The lowest BCUT2D eigenvalue weighted by atomic mass is 10.2. The standard InChI is InChI=1S/C18H19BrN6O3/c1-28-18(26)14-5-3-7-24(14)16-8-15(25-17(22-16)13(19)10-21-25)20-9-12-4-2-6-23(27)11-12/h2,4,6,8,10-11,14,20H,3,5,7,9H2,1H3/t14-/m0/s1. The van der Waals surface area contributed by atoms with E-state index in [1.54, 1.807) is 16.8 Å². The van der Waals surface area contributed by atoms with Crippen LogP contribution < -0.4 is 14.9 Å². The number of carbonyl (C=O) groups is 1. The summed E-state index contributed by atoms with van der Waals surface area (Å²) in [6.45, 7) is 1.17. The fraction of sp³-hybridized carbons (Fsp3) is 0.333. The Balaban J connectivity index is 1.69. The van der Waals surface area contributed by atoms with Crippen LogP contribution in [0, 0.1) is 5.21 Å². The maximum Gasteiger partial charge on any atom is 0.328 e.